The molecule has 0 saturated carbocycles. The van der Waals surface area contributed by atoms with Gasteiger partial charge in [0.15, 0.2) is 0 Å². The molecule has 0 saturated heterocycles. The Morgan fingerprint density at radius 2 is 0.750 bits per heavy atom. The zero-order valence-electron chi connectivity index (χ0n) is 17.0. The van der Waals surface area contributed by atoms with Gasteiger partial charge in [-0.3, -0.25) is 0 Å². The monoisotopic (exact) mass is 500 g/mol. The summed E-state index contributed by atoms with van der Waals surface area (Å²) in [6, 6.07) is 0. The van der Waals surface area contributed by atoms with E-state index in [0.29, 0.717) is 0 Å². The first-order valence-corrected chi connectivity index (χ1v) is 13.8. The second kappa shape index (κ2) is 44.4. The first kappa shape index (κ1) is 33.4. The number of hydrogen-bond donors (Lipinski definition) is 0. The van der Waals surface area contributed by atoms with Crippen LogP contribution in [0.25, 0.3) is 0 Å². The number of unbranched alkanes of at least 4 members (excludes halogenated alkanes) is 8. The maximum atomic E-state index is 4.65. The second-order valence-corrected chi connectivity index (χ2v) is 8.34. The van der Waals surface area contributed by atoms with Gasteiger partial charge in [-0.15, -0.1) is 0 Å². The van der Waals surface area contributed by atoms with Crippen LogP contribution in [0.2, 0.25) is 4.44 Å². The van der Waals surface area contributed by atoms with Gasteiger partial charge in [0, 0.05) is 0 Å². The van der Waals surface area contributed by atoms with Gasteiger partial charge >= 0.3 is 72.4 Å². The molecule has 0 heterocycles. The van der Waals surface area contributed by atoms with Crippen LogP contribution in [0, 0.1) is 0 Å². The van der Waals surface area contributed by atoms with E-state index < -0.39 is 0 Å². The minimum absolute atomic E-state index is 0.927. The fraction of sp³-hybridized carbons (Fsp3) is 1.00. The van der Waals surface area contributed by atoms with Gasteiger partial charge in [0.05, 0.1) is 0 Å². The predicted octanol–water partition coefficient (Wildman–Crippen LogP) is 6.93. The molecule has 0 aromatic carbocycles. The largest absolute Gasteiger partial charge is 0.793 e. The average molecular weight is 499 g/mol. The molecule has 0 aromatic heterocycles. The van der Waals surface area contributed by atoms with Crippen molar-refractivity contribution in [1.29, 1.82) is 0 Å². The molecule has 0 unspecified atom stereocenters. The normalized spacial score (nSPS) is 9.04. The molecule has 0 N–H and O–H groups in total. The van der Waals surface area contributed by atoms with Crippen LogP contribution in [0.4, 0.5) is 0 Å². The fourth-order valence-corrected chi connectivity index (χ4v) is 2.92. The van der Waals surface area contributed by atoms with Gasteiger partial charge in [0.2, 0.25) is 0 Å². The summed E-state index contributed by atoms with van der Waals surface area (Å²) in [5.74, 6) is 2.78. The molecule has 0 fully saturated rings. The Balaban J connectivity index is -0.000000116. The van der Waals surface area contributed by atoms with Crippen molar-refractivity contribution in [3.63, 3.8) is 0 Å². The topological polar surface area (TPSA) is 0 Å². The third-order valence-corrected chi connectivity index (χ3v) is 4.90. The van der Waals surface area contributed by atoms with Crippen LogP contribution >= 0.6 is 0 Å². The molecule has 0 aliphatic heterocycles. The Kier molecular flexibility index (Phi) is 61.8. The molecule has 0 rings (SSSR count). The van der Waals surface area contributed by atoms with Gasteiger partial charge in [-0.25, -0.2) is 0 Å². The van der Waals surface area contributed by atoms with Crippen molar-refractivity contribution in [3.8, 4) is 0 Å². The van der Waals surface area contributed by atoms with Crippen LogP contribution < -0.4 is 0 Å². The van der Waals surface area contributed by atoms with Crippen LogP contribution in [0.5, 0.6) is 0 Å². The summed E-state index contributed by atoms with van der Waals surface area (Å²) in [4.78, 5) is 0. The molecule has 24 heavy (non-hydrogen) atoms. The van der Waals surface area contributed by atoms with Crippen molar-refractivity contribution in [1.82, 2.24) is 0 Å². The molecular weight excluding hydrogens is 455 g/mol. The fourth-order valence-electron chi connectivity index (χ4n) is 1.34. The molecule has 4 heteroatoms. The van der Waals surface area contributed by atoms with Gasteiger partial charge in [0.25, 0.3) is 0 Å². The smallest absolute Gasteiger partial charge is 0.0580 e. The molecule has 0 aliphatic carbocycles. The van der Waals surface area contributed by atoms with E-state index in [1.807, 2.05) is 0 Å². The Morgan fingerprint density at radius 3 is 0.958 bits per heavy atom. The predicted molar refractivity (Wildman–Crippen MR) is 125 cm³/mol. The van der Waals surface area contributed by atoms with E-state index in [1.165, 1.54) is 81.5 Å². The van der Waals surface area contributed by atoms with E-state index in [4.69, 9.17) is 0 Å². The van der Waals surface area contributed by atoms with Crippen molar-refractivity contribution < 1.29 is 0 Å². The third-order valence-electron chi connectivity index (χ3n) is 3.02. The summed E-state index contributed by atoms with van der Waals surface area (Å²) in [5, 5.41) is 0. The first-order valence-electron chi connectivity index (χ1n) is 10.0. The summed E-state index contributed by atoms with van der Waals surface area (Å²) in [6.07, 6.45) is 16.0. The Labute approximate surface area is 185 Å². The Morgan fingerprint density at radius 1 is 0.458 bits per heavy atom. The van der Waals surface area contributed by atoms with Crippen LogP contribution in [-0.4, -0.2) is 39.8 Å². The van der Waals surface area contributed by atoms with Crippen molar-refractivity contribution in [2.75, 3.05) is 17.3 Å². The van der Waals surface area contributed by atoms with Crippen molar-refractivity contribution in [2.24, 2.45) is 0 Å². The van der Waals surface area contributed by atoms with E-state index in [0.717, 1.165) is 17.3 Å². The van der Waals surface area contributed by atoms with Crippen LogP contribution in [0.3, 0.4) is 0 Å². The summed E-state index contributed by atoms with van der Waals surface area (Å²) in [5.41, 5.74) is 0. The second-order valence-electron chi connectivity index (χ2n) is 5.69. The maximum Gasteiger partial charge on any atom is -0.0580 e. The van der Waals surface area contributed by atoms with Crippen molar-refractivity contribution >= 4 is 60.4 Å². The molecule has 0 aromatic rings. The third kappa shape index (κ3) is 64.9. The molecule has 0 radical (unpaired) electrons. The standard InChI is InChI=1S/C8H17.3C4H10S.Sn/c1-3-5-7-8-6-4-2;3*1-2-3-4-5;/h1,3-8H2,2H3;3*5H,2-4H2,1H3;/q;;;;+3/p-3. The van der Waals surface area contributed by atoms with E-state index >= 15 is 0 Å². The van der Waals surface area contributed by atoms with E-state index in [-0.39, 0.29) is 0 Å². The minimum Gasteiger partial charge on any atom is -0.793 e. The van der Waals surface area contributed by atoms with Crippen LogP contribution in [-0.2, 0) is 37.9 Å². The van der Waals surface area contributed by atoms with E-state index in [1.54, 1.807) is 22.5 Å². The summed E-state index contributed by atoms with van der Waals surface area (Å²) in [7, 11) is 0. The zero-order chi connectivity index (χ0) is 19.3. The quantitative estimate of drug-likeness (QED) is 0.162. The van der Waals surface area contributed by atoms with Crippen LogP contribution in [0.1, 0.15) is 105 Å². The number of rotatable bonds is 12. The van der Waals surface area contributed by atoms with Gasteiger partial charge in [0.1, 0.15) is 0 Å². The van der Waals surface area contributed by atoms with Gasteiger partial charge < -0.3 is 37.9 Å². The molecular formula is C20H44S3Sn. The average Bonchev–Trinajstić information content (AvgIpc) is 2.59. The first-order chi connectivity index (χ1) is 11.7. The molecule has 0 atom stereocenters. The van der Waals surface area contributed by atoms with Gasteiger partial charge in [-0.05, 0) is 0 Å². The summed E-state index contributed by atoms with van der Waals surface area (Å²) < 4.78 is 1.46. The zero-order valence-corrected chi connectivity index (χ0v) is 22.3. The van der Waals surface area contributed by atoms with Gasteiger partial charge in [-0.1, -0.05) is 59.3 Å². The summed E-state index contributed by atoms with van der Waals surface area (Å²) >= 11 is 15.7. The van der Waals surface area contributed by atoms with Crippen molar-refractivity contribution in [3.05, 3.63) is 0 Å². The molecule has 0 bridgehead atoms. The Bertz CT molecular complexity index is 121. The molecule has 0 spiro atoms. The minimum atomic E-state index is 0.927. The van der Waals surface area contributed by atoms with Crippen molar-refractivity contribution in [2.45, 2.75) is 109 Å². The van der Waals surface area contributed by atoms with Gasteiger partial charge in [-0.2, -0.15) is 17.3 Å². The number of hydrogen-bond acceptors (Lipinski definition) is 3. The summed E-state index contributed by atoms with van der Waals surface area (Å²) in [6.45, 7) is 8.70. The van der Waals surface area contributed by atoms with E-state index in [9.17, 15) is 0 Å². The maximum absolute atomic E-state index is 4.65. The Hall–Kier alpha value is 1.85. The molecule has 0 amide bonds. The van der Waals surface area contributed by atoms with Crippen LogP contribution in [0.15, 0.2) is 0 Å². The molecule has 146 valence electrons. The molecule has 0 aliphatic rings. The van der Waals surface area contributed by atoms with E-state index in [2.05, 4.69) is 65.6 Å². The molecule has 0 nitrogen and oxygen atoms in total. The SMILES string of the molecule is CCCCCCC[CH2][Sn+3].CCCC[S-].CCCC[S-].CCCC[S-].